The van der Waals surface area contributed by atoms with Gasteiger partial charge in [-0.05, 0) is 30.5 Å². The van der Waals surface area contributed by atoms with Crippen LogP contribution in [0.2, 0.25) is 0 Å². The summed E-state index contributed by atoms with van der Waals surface area (Å²) < 4.78 is 6.74. The van der Waals surface area contributed by atoms with Gasteiger partial charge in [0.25, 0.3) is 5.56 Å². The Hall–Kier alpha value is -3.95. The van der Waals surface area contributed by atoms with E-state index < -0.39 is 5.76 Å². The van der Waals surface area contributed by atoms with Gasteiger partial charge in [0.15, 0.2) is 5.58 Å². The molecule has 0 aliphatic carbocycles. The van der Waals surface area contributed by atoms with Crippen molar-refractivity contribution in [3.05, 3.63) is 57.4 Å². The highest BCUT2D eigenvalue weighted by Crippen LogP contribution is 2.22. The van der Waals surface area contributed by atoms with Crippen molar-refractivity contribution in [3.8, 4) is 0 Å². The van der Waals surface area contributed by atoms with E-state index in [2.05, 4.69) is 20.3 Å². The van der Waals surface area contributed by atoms with Gasteiger partial charge in [-0.25, -0.2) is 9.78 Å². The highest BCUT2D eigenvalue weighted by atomic mass is 16.4. The van der Waals surface area contributed by atoms with Crippen LogP contribution in [-0.2, 0) is 11.3 Å². The SMILES string of the molecule is CCC(=O)N1CC(CCn2c(=O)ccc3cnc(Nc4ccc5[nH]c(=O)oc5c4)nc32)C1. The van der Waals surface area contributed by atoms with E-state index in [1.54, 1.807) is 35.0 Å². The maximum absolute atomic E-state index is 12.6. The summed E-state index contributed by atoms with van der Waals surface area (Å²) in [7, 11) is 0. The molecule has 1 fully saturated rings. The standard InChI is InChI=1S/C22H22N6O4/c1-2-18(29)27-11-13(12-27)7-8-28-19(30)6-3-14-10-23-21(26-20(14)28)24-15-4-5-16-17(9-15)32-22(31)25-16/h3-6,9-10,13H,2,7-8,11-12H2,1H3,(H,25,31)(H,23,24,26). The fraction of sp³-hybridized carbons (Fsp3) is 0.318. The number of pyridine rings is 1. The third-order valence-corrected chi connectivity index (χ3v) is 5.77. The number of likely N-dealkylation sites (tertiary alicyclic amines) is 1. The first-order valence-corrected chi connectivity index (χ1v) is 10.5. The number of oxazole rings is 1. The van der Waals surface area contributed by atoms with E-state index in [4.69, 9.17) is 4.42 Å². The molecule has 0 bridgehead atoms. The lowest BCUT2D eigenvalue weighted by Gasteiger charge is -2.39. The van der Waals surface area contributed by atoms with Crippen LogP contribution in [0, 0.1) is 5.92 Å². The molecule has 1 amide bonds. The van der Waals surface area contributed by atoms with Gasteiger partial charge in [-0.2, -0.15) is 4.98 Å². The van der Waals surface area contributed by atoms with E-state index in [0.717, 1.165) is 24.9 Å². The summed E-state index contributed by atoms with van der Waals surface area (Å²) >= 11 is 0. The van der Waals surface area contributed by atoms with Crippen LogP contribution in [0.5, 0.6) is 0 Å². The van der Waals surface area contributed by atoms with Crippen LogP contribution in [0.1, 0.15) is 19.8 Å². The van der Waals surface area contributed by atoms with Crippen molar-refractivity contribution >= 4 is 39.7 Å². The van der Waals surface area contributed by atoms with Crippen LogP contribution in [0.4, 0.5) is 11.6 Å². The predicted octanol–water partition coefficient (Wildman–Crippen LogP) is 2.23. The number of anilines is 2. The number of rotatable bonds is 6. The van der Waals surface area contributed by atoms with Gasteiger partial charge in [-0.1, -0.05) is 6.92 Å². The van der Waals surface area contributed by atoms with E-state index in [9.17, 15) is 14.4 Å². The Morgan fingerprint density at radius 1 is 1.25 bits per heavy atom. The van der Waals surface area contributed by atoms with Gasteiger partial charge in [0.1, 0.15) is 5.65 Å². The van der Waals surface area contributed by atoms with E-state index in [1.165, 1.54) is 6.07 Å². The fourth-order valence-corrected chi connectivity index (χ4v) is 3.99. The number of amides is 1. The number of fused-ring (bicyclic) bond motifs is 2. The Kier molecular flexibility index (Phi) is 4.96. The first kappa shape index (κ1) is 20.0. The third kappa shape index (κ3) is 3.75. The van der Waals surface area contributed by atoms with Gasteiger partial charge in [-0.3, -0.25) is 19.1 Å². The normalized spacial score (nSPS) is 14.1. The molecule has 1 aromatic carbocycles. The number of aryl methyl sites for hydroxylation is 1. The van der Waals surface area contributed by atoms with Gasteiger partial charge >= 0.3 is 5.76 Å². The fourth-order valence-electron chi connectivity index (χ4n) is 3.99. The number of benzene rings is 1. The average molecular weight is 434 g/mol. The number of carbonyl (C=O) groups excluding carboxylic acids is 1. The van der Waals surface area contributed by atoms with Crippen molar-refractivity contribution in [2.24, 2.45) is 5.92 Å². The Bertz CT molecular complexity index is 1430. The van der Waals surface area contributed by atoms with Crippen molar-refractivity contribution in [1.82, 2.24) is 24.4 Å². The average Bonchev–Trinajstić information content (AvgIpc) is 3.13. The maximum Gasteiger partial charge on any atom is 0.417 e. The minimum Gasteiger partial charge on any atom is -0.408 e. The summed E-state index contributed by atoms with van der Waals surface area (Å²) in [4.78, 5) is 49.0. The minimum atomic E-state index is -0.517. The van der Waals surface area contributed by atoms with Gasteiger partial charge in [0, 0.05) is 55.5 Å². The molecule has 4 heterocycles. The zero-order chi connectivity index (χ0) is 22.2. The summed E-state index contributed by atoms with van der Waals surface area (Å²) in [5.41, 5.74) is 2.10. The molecule has 0 spiro atoms. The van der Waals surface area contributed by atoms with Crippen molar-refractivity contribution in [3.63, 3.8) is 0 Å². The summed E-state index contributed by atoms with van der Waals surface area (Å²) in [6, 6.07) is 8.42. The zero-order valence-corrected chi connectivity index (χ0v) is 17.5. The summed E-state index contributed by atoms with van der Waals surface area (Å²) in [6.45, 7) is 3.87. The number of nitrogens with one attached hydrogen (secondary N) is 2. The molecule has 0 unspecified atom stereocenters. The van der Waals surface area contributed by atoms with Crippen LogP contribution in [0.25, 0.3) is 22.1 Å². The summed E-state index contributed by atoms with van der Waals surface area (Å²) in [5, 5.41) is 3.86. The second kappa shape index (κ2) is 7.95. The molecule has 1 aliphatic heterocycles. The molecule has 164 valence electrons. The molecule has 0 saturated carbocycles. The quantitative estimate of drug-likeness (QED) is 0.476. The number of hydrogen-bond acceptors (Lipinski definition) is 7. The zero-order valence-electron chi connectivity index (χ0n) is 17.5. The minimum absolute atomic E-state index is 0.126. The third-order valence-electron chi connectivity index (χ3n) is 5.77. The topological polar surface area (TPSA) is 126 Å². The van der Waals surface area contributed by atoms with E-state index in [1.807, 2.05) is 11.8 Å². The summed E-state index contributed by atoms with van der Waals surface area (Å²) in [5.74, 6) is 0.369. The number of nitrogens with zero attached hydrogens (tertiary/aromatic N) is 4. The van der Waals surface area contributed by atoms with Crippen molar-refractivity contribution in [2.75, 3.05) is 18.4 Å². The number of aromatic amines is 1. The van der Waals surface area contributed by atoms with E-state index in [0.29, 0.717) is 47.3 Å². The second-order valence-electron chi connectivity index (χ2n) is 7.95. The second-order valence-corrected chi connectivity index (χ2v) is 7.95. The first-order chi connectivity index (χ1) is 15.5. The van der Waals surface area contributed by atoms with E-state index >= 15 is 0 Å². The predicted molar refractivity (Wildman–Crippen MR) is 119 cm³/mol. The van der Waals surface area contributed by atoms with Crippen LogP contribution >= 0.6 is 0 Å². The highest BCUT2D eigenvalue weighted by Gasteiger charge is 2.29. The molecule has 10 heteroatoms. The van der Waals surface area contributed by atoms with Gasteiger partial charge in [0.2, 0.25) is 11.9 Å². The maximum atomic E-state index is 12.6. The van der Waals surface area contributed by atoms with Crippen LogP contribution in [0.3, 0.4) is 0 Å². The molecule has 1 aliphatic rings. The number of hydrogen-bond donors (Lipinski definition) is 2. The molecular weight excluding hydrogens is 412 g/mol. The molecule has 0 atom stereocenters. The Labute approximate surface area is 181 Å². The lowest BCUT2D eigenvalue weighted by atomic mass is 9.96. The Morgan fingerprint density at radius 3 is 2.91 bits per heavy atom. The van der Waals surface area contributed by atoms with Gasteiger partial charge < -0.3 is 14.6 Å². The van der Waals surface area contributed by atoms with Crippen LogP contribution < -0.4 is 16.6 Å². The summed E-state index contributed by atoms with van der Waals surface area (Å²) in [6.07, 6.45) is 2.98. The van der Waals surface area contributed by atoms with E-state index in [-0.39, 0.29) is 11.5 Å². The molecule has 4 aromatic rings. The molecule has 3 aromatic heterocycles. The first-order valence-electron chi connectivity index (χ1n) is 10.5. The van der Waals surface area contributed by atoms with Gasteiger partial charge in [0.05, 0.1) is 5.52 Å². The molecule has 32 heavy (non-hydrogen) atoms. The van der Waals surface area contributed by atoms with Crippen molar-refractivity contribution in [2.45, 2.75) is 26.3 Å². The number of carbonyl (C=O) groups is 1. The molecule has 0 radical (unpaired) electrons. The highest BCUT2D eigenvalue weighted by molar-refractivity contribution is 5.79. The molecule has 10 nitrogen and oxygen atoms in total. The Balaban J connectivity index is 1.37. The lowest BCUT2D eigenvalue weighted by Crippen LogP contribution is -2.50. The largest absolute Gasteiger partial charge is 0.417 e. The number of H-pyrrole nitrogens is 1. The Morgan fingerprint density at radius 2 is 2.09 bits per heavy atom. The van der Waals surface area contributed by atoms with Crippen molar-refractivity contribution < 1.29 is 9.21 Å². The lowest BCUT2D eigenvalue weighted by molar-refractivity contribution is -0.137. The molecule has 1 saturated heterocycles. The van der Waals surface area contributed by atoms with Gasteiger partial charge in [-0.15, -0.1) is 0 Å². The molecular formula is C22H22N6O4. The molecule has 2 N–H and O–H groups in total. The van der Waals surface area contributed by atoms with Crippen LogP contribution in [-0.4, -0.2) is 43.4 Å². The number of aromatic nitrogens is 4. The molecule has 5 rings (SSSR count). The monoisotopic (exact) mass is 434 g/mol. The smallest absolute Gasteiger partial charge is 0.408 e. The van der Waals surface area contributed by atoms with Crippen LogP contribution in [0.15, 0.2) is 50.5 Å². The van der Waals surface area contributed by atoms with Crippen molar-refractivity contribution in [1.29, 1.82) is 0 Å².